The van der Waals surface area contributed by atoms with Crippen molar-refractivity contribution < 1.29 is 4.74 Å². The maximum absolute atomic E-state index is 6.12. The third-order valence-electron chi connectivity index (χ3n) is 2.65. The van der Waals surface area contributed by atoms with Crippen molar-refractivity contribution in [1.82, 2.24) is 10.3 Å². The van der Waals surface area contributed by atoms with E-state index in [1.165, 1.54) is 5.56 Å². The molecule has 0 spiro atoms. The predicted molar refractivity (Wildman–Crippen MR) is 74.0 cm³/mol. The van der Waals surface area contributed by atoms with E-state index in [1.54, 1.807) is 13.3 Å². The normalized spacial score (nSPS) is 10.4. The second-order valence-electron chi connectivity index (χ2n) is 3.93. The highest BCUT2D eigenvalue weighted by Crippen LogP contribution is 2.29. The lowest BCUT2D eigenvalue weighted by Gasteiger charge is -2.07. The van der Waals surface area contributed by atoms with Gasteiger partial charge in [-0.15, -0.1) is 0 Å². The lowest BCUT2D eigenvalue weighted by atomic mass is 10.1. The SMILES string of the molecule is CNCc1ccnc(-c2ccc(OC)c(Cl)c2)c1. The molecule has 0 saturated heterocycles. The van der Waals surface area contributed by atoms with E-state index >= 15 is 0 Å². The quantitative estimate of drug-likeness (QED) is 0.919. The van der Waals surface area contributed by atoms with Gasteiger partial charge in [-0.1, -0.05) is 11.6 Å². The summed E-state index contributed by atoms with van der Waals surface area (Å²) in [6.45, 7) is 0.819. The third kappa shape index (κ3) is 2.81. The molecular formula is C14H15ClN2O. The molecule has 94 valence electrons. The number of hydrogen-bond acceptors (Lipinski definition) is 3. The summed E-state index contributed by atoms with van der Waals surface area (Å²) in [4.78, 5) is 4.36. The smallest absolute Gasteiger partial charge is 0.137 e. The molecule has 0 fully saturated rings. The number of nitrogens with one attached hydrogen (secondary N) is 1. The summed E-state index contributed by atoms with van der Waals surface area (Å²) in [5.74, 6) is 0.673. The summed E-state index contributed by atoms with van der Waals surface area (Å²) in [6, 6.07) is 9.71. The third-order valence-corrected chi connectivity index (χ3v) is 2.95. The zero-order chi connectivity index (χ0) is 13.0. The van der Waals surface area contributed by atoms with Crippen molar-refractivity contribution >= 4 is 11.6 Å². The maximum Gasteiger partial charge on any atom is 0.137 e. The molecule has 3 nitrogen and oxygen atoms in total. The number of rotatable bonds is 4. The van der Waals surface area contributed by atoms with Crippen LogP contribution in [0.4, 0.5) is 0 Å². The van der Waals surface area contributed by atoms with E-state index in [0.29, 0.717) is 10.8 Å². The molecule has 2 aromatic rings. The Bertz CT molecular complexity index is 543. The fourth-order valence-corrected chi connectivity index (χ4v) is 2.03. The standard InChI is InChI=1S/C14H15ClN2O/c1-16-9-10-5-6-17-13(7-10)11-3-4-14(18-2)12(15)8-11/h3-8,16H,9H2,1-2H3. The Kier molecular flexibility index (Phi) is 4.18. The molecule has 0 unspecified atom stereocenters. The number of halogens is 1. The average molecular weight is 263 g/mol. The van der Waals surface area contributed by atoms with Crippen LogP contribution in [-0.2, 0) is 6.54 Å². The minimum atomic E-state index is 0.593. The van der Waals surface area contributed by atoms with Crippen LogP contribution < -0.4 is 10.1 Å². The van der Waals surface area contributed by atoms with Gasteiger partial charge >= 0.3 is 0 Å². The molecule has 4 heteroatoms. The monoisotopic (exact) mass is 262 g/mol. The molecule has 18 heavy (non-hydrogen) atoms. The molecule has 1 N–H and O–H groups in total. The zero-order valence-corrected chi connectivity index (χ0v) is 11.2. The molecule has 0 saturated carbocycles. The van der Waals surface area contributed by atoms with E-state index in [4.69, 9.17) is 16.3 Å². The molecule has 2 rings (SSSR count). The Labute approximate surface area is 112 Å². The minimum Gasteiger partial charge on any atom is -0.495 e. The van der Waals surface area contributed by atoms with Crippen molar-refractivity contribution in [2.24, 2.45) is 0 Å². The molecule has 0 aliphatic rings. The molecule has 0 radical (unpaired) electrons. The Morgan fingerprint density at radius 1 is 1.28 bits per heavy atom. The lowest BCUT2D eigenvalue weighted by molar-refractivity contribution is 0.415. The molecular weight excluding hydrogens is 248 g/mol. The average Bonchev–Trinajstić information content (AvgIpc) is 2.39. The van der Waals surface area contributed by atoms with Crippen LogP contribution in [0.1, 0.15) is 5.56 Å². The summed E-state index contributed by atoms with van der Waals surface area (Å²) in [5, 5.41) is 3.71. The van der Waals surface area contributed by atoms with Crippen molar-refractivity contribution in [1.29, 1.82) is 0 Å². The summed E-state index contributed by atoms with van der Waals surface area (Å²) >= 11 is 6.12. The van der Waals surface area contributed by atoms with Crippen LogP contribution in [0.3, 0.4) is 0 Å². The largest absolute Gasteiger partial charge is 0.495 e. The highest BCUT2D eigenvalue weighted by atomic mass is 35.5. The first kappa shape index (κ1) is 12.9. The van der Waals surface area contributed by atoms with Gasteiger partial charge in [-0.05, 0) is 42.9 Å². The highest BCUT2D eigenvalue weighted by molar-refractivity contribution is 6.32. The van der Waals surface area contributed by atoms with E-state index in [2.05, 4.69) is 16.4 Å². The van der Waals surface area contributed by atoms with Crippen molar-refractivity contribution in [3.63, 3.8) is 0 Å². The molecule has 0 aliphatic carbocycles. The van der Waals surface area contributed by atoms with Gasteiger partial charge in [-0.2, -0.15) is 0 Å². The van der Waals surface area contributed by atoms with Crippen molar-refractivity contribution in [2.75, 3.05) is 14.2 Å². The van der Waals surface area contributed by atoms with Crippen LogP contribution in [-0.4, -0.2) is 19.1 Å². The summed E-state index contributed by atoms with van der Waals surface area (Å²) in [6.07, 6.45) is 1.81. The van der Waals surface area contributed by atoms with Crippen LogP contribution in [0.15, 0.2) is 36.5 Å². The number of aromatic nitrogens is 1. The summed E-state index contributed by atoms with van der Waals surface area (Å²) < 4.78 is 5.14. The molecule has 1 aromatic heterocycles. The Morgan fingerprint density at radius 3 is 2.78 bits per heavy atom. The van der Waals surface area contributed by atoms with Gasteiger partial charge in [-0.3, -0.25) is 4.98 Å². The van der Waals surface area contributed by atoms with Crippen LogP contribution in [0, 0.1) is 0 Å². The fraction of sp³-hybridized carbons (Fsp3) is 0.214. The number of pyridine rings is 1. The van der Waals surface area contributed by atoms with Crippen LogP contribution in [0.5, 0.6) is 5.75 Å². The zero-order valence-electron chi connectivity index (χ0n) is 10.4. The van der Waals surface area contributed by atoms with Crippen LogP contribution in [0.25, 0.3) is 11.3 Å². The second kappa shape index (κ2) is 5.85. The number of methoxy groups -OCH3 is 1. The number of nitrogens with zero attached hydrogens (tertiary/aromatic N) is 1. The first-order valence-electron chi connectivity index (χ1n) is 5.68. The van der Waals surface area contributed by atoms with Gasteiger partial charge in [0.1, 0.15) is 5.75 Å². The topological polar surface area (TPSA) is 34.2 Å². The van der Waals surface area contributed by atoms with Gasteiger partial charge in [0.05, 0.1) is 17.8 Å². The molecule has 0 aliphatic heterocycles. The van der Waals surface area contributed by atoms with Gasteiger partial charge in [-0.25, -0.2) is 0 Å². The summed E-state index contributed by atoms with van der Waals surface area (Å²) in [7, 11) is 3.52. The van der Waals surface area contributed by atoms with Crippen LogP contribution >= 0.6 is 11.6 Å². The minimum absolute atomic E-state index is 0.593. The predicted octanol–water partition coefficient (Wildman–Crippen LogP) is 3.13. The van der Waals surface area contributed by atoms with E-state index in [0.717, 1.165) is 17.8 Å². The van der Waals surface area contributed by atoms with E-state index in [-0.39, 0.29) is 0 Å². The van der Waals surface area contributed by atoms with E-state index in [1.807, 2.05) is 31.3 Å². The molecule has 1 heterocycles. The number of ether oxygens (including phenoxy) is 1. The van der Waals surface area contributed by atoms with Crippen molar-refractivity contribution in [2.45, 2.75) is 6.54 Å². The van der Waals surface area contributed by atoms with Crippen LogP contribution in [0.2, 0.25) is 5.02 Å². The van der Waals surface area contributed by atoms with E-state index < -0.39 is 0 Å². The van der Waals surface area contributed by atoms with Crippen molar-refractivity contribution in [3.05, 3.63) is 47.1 Å². The second-order valence-corrected chi connectivity index (χ2v) is 4.34. The molecule has 0 atom stereocenters. The number of benzene rings is 1. The fourth-order valence-electron chi connectivity index (χ4n) is 1.77. The van der Waals surface area contributed by atoms with E-state index in [9.17, 15) is 0 Å². The van der Waals surface area contributed by atoms with Crippen molar-refractivity contribution in [3.8, 4) is 17.0 Å². The first-order chi connectivity index (χ1) is 8.74. The highest BCUT2D eigenvalue weighted by Gasteiger charge is 2.05. The Balaban J connectivity index is 2.36. The molecule has 1 aromatic carbocycles. The Morgan fingerprint density at radius 2 is 2.11 bits per heavy atom. The first-order valence-corrected chi connectivity index (χ1v) is 6.06. The van der Waals surface area contributed by atoms with Gasteiger partial charge in [0, 0.05) is 18.3 Å². The van der Waals surface area contributed by atoms with Gasteiger partial charge < -0.3 is 10.1 Å². The lowest BCUT2D eigenvalue weighted by Crippen LogP contribution is -2.05. The van der Waals surface area contributed by atoms with Gasteiger partial charge in [0.25, 0.3) is 0 Å². The molecule has 0 bridgehead atoms. The number of hydrogen-bond donors (Lipinski definition) is 1. The van der Waals surface area contributed by atoms with Gasteiger partial charge in [0.15, 0.2) is 0 Å². The van der Waals surface area contributed by atoms with Gasteiger partial charge in [0.2, 0.25) is 0 Å². The molecule has 0 amide bonds. The summed E-state index contributed by atoms with van der Waals surface area (Å²) in [5.41, 5.74) is 3.08. The Hall–Kier alpha value is -1.58. The maximum atomic E-state index is 6.12.